The fourth-order valence-corrected chi connectivity index (χ4v) is 3.69. The van der Waals surface area contributed by atoms with E-state index in [4.69, 9.17) is 16.7 Å². The molecule has 0 bridgehead atoms. The molecule has 0 amide bonds. The molecule has 0 saturated carbocycles. The zero-order chi connectivity index (χ0) is 14.0. The summed E-state index contributed by atoms with van der Waals surface area (Å²) >= 11 is 6.50. The summed E-state index contributed by atoms with van der Waals surface area (Å²) in [5.74, 6) is -1.73. The topological polar surface area (TPSA) is 109 Å². The number of halogens is 1. The molecule has 2 heterocycles. The van der Waals surface area contributed by atoms with E-state index in [1.54, 1.807) is 0 Å². The van der Waals surface area contributed by atoms with Gasteiger partial charge in [0.05, 0.1) is 4.34 Å². The van der Waals surface area contributed by atoms with Gasteiger partial charge in [0.25, 0.3) is 10.0 Å². The molecule has 0 aliphatic rings. The predicted molar refractivity (Wildman–Crippen MR) is 69.1 cm³/mol. The lowest BCUT2D eigenvalue weighted by Crippen LogP contribution is -2.16. The second-order valence-corrected chi connectivity index (χ2v) is 6.85. The maximum atomic E-state index is 12.0. The Hall–Kier alpha value is -1.71. The van der Waals surface area contributed by atoms with Crippen LogP contribution in [0.2, 0.25) is 4.34 Å². The summed E-state index contributed by atoms with van der Waals surface area (Å²) in [5.41, 5.74) is -0.478. The minimum absolute atomic E-state index is 0.0421. The van der Waals surface area contributed by atoms with Crippen LogP contribution in [0, 0.1) is 0 Å². The number of rotatable bonds is 4. The van der Waals surface area contributed by atoms with E-state index in [9.17, 15) is 13.2 Å². The lowest BCUT2D eigenvalue weighted by atomic mass is 10.4. The van der Waals surface area contributed by atoms with Gasteiger partial charge in [-0.05, 0) is 12.1 Å². The van der Waals surface area contributed by atoms with E-state index in [1.165, 1.54) is 18.3 Å². The molecule has 0 saturated heterocycles. The average Bonchev–Trinajstić information content (AvgIpc) is 2.76. The van der Waals surface area contributed by atoms with Crippen LogP contribution in [0.5, 0.6) is 0 Å². The van der Waals surface area contributed by atoms with Crippen molar-refractivity contribution in [3.8, 4) is 0 Å². The van der Waals surface area contributed by atoms with Crippen molar-refractivity contribution < 1.29 is 18.3 Å². The van der Waals surface area contributed by atoms with Crippen molar-refractivity contribution in [3.05, 3.63) is 34.6 Å². The van der Waals surface area contributed by atoms with Gasteiger partial charge < -0.3 is 5.11 Å². The molecule has 2 N–H and O–H groups in total. The molecule has 100 valence electrons. The molecule has 0 aliphatic heterocycles. The van der Waals surface area contributed by atoms with Crippen molar-refractivity contribution in [2.75, 3.05) is 4.72 Å². The zero-order valence-electron chi connectivity index (χ0n) is 9.07. The summed E-state index contributed by atoms with van der Waals surface area (Å²) in [6, 6.07) is 2.74. The Labute approximate surface area is 117 Å². The molecule has 2 rings (SSSR count). The second-order valence-electron chi connectivity index (χ2n) is 3.22. The lowest BCUT2D eigenvalue weighted by molar-refractivity contribution is 0.0691. The van der Waals surface area contributed by atoms with Crippen LogP contribution in [0.15, 0.2) is 28.7 Å². The molecule has 7 nitrogen and oxygen atoms in total. The number of nitrogens with one attached hydrogen (secondary N) is 1. The van der Waals surface area contributed by atoms with Gasteiger partial charge in [-0.15, -0.1) is 11.3 Å². The van der Waals surface area contributed by atoms with E-state index < -0.39 is 21.7 Å². The number of carbonyl (C=O) groups is 1. The van der Waals surface area contributed by atoms with Crippen LogP contribution in [0.1, 0.15) is 10.5 Å². The molecule has 2 aromatic rings. The van der Waals surface area contributed by atoms with Gasteiger partial charge in [0, 0.05) is 12.4 Å². The second kappa shape index (κ2) is 5.11. The maximum Gasteiger partial charge on any atom is 0.358 e. The Kier molecular flexibility index (Phi) is 3.69. The summed E-state index contributed by atoms with van der Waals surface area (Å²) in [6.07, 6.45) is 2.34. The van der Waals surface area contributed by atoms with Crippen molar-refractivity contribution in [2.24, 2.45) is 0 Å². The first-order valence-electron chi connectivity index (χ1n) is 4.72. The highest BCUT2D eigenvalue weighted by molar-refractivity contribution is 7.94. The van der Waals surface area contributed by atoms with Gasteiger partial charge in [-0.2, -0.15) is 0 Å². The van der Waals surface area contributed by atoms with Crippen LogP contribution >= 0.6 is 22.9 Å². The molecule has 0 radical (unpaired) electrons. The molecular formula is C9H6ClN3O4S2. The van der Waals surface area contributed by atoms with E-state index >= 15 is 0 Å². The summed E-state index contributed by atoms with van der Waals surface area (Å²) in [6.45, 7) is 0. The van der Waals surface area contributed by atoms with Gasteiger partial charge in [-0.25, -0.2) is 23.2 Å². The van der Waals surface area contributed by atoms with Gasteiger partial charge in [-0.3, -0.25) is 4.72 Å². The van der Waals surface area contributed by atoms with Crippen LogP contribution in [0.4, 0.5) is 5.82 Å². The van der Waals surface area contributed by atoms with Crippen molar-refractivity contribution in [1.29, 1.82) is 0 Å². The van der Waals surface area contributed by atoms with Gasteiger partial charge in [0.15, 0.2) is 11.5 Å². The SMILES string of the molecule is O=C(O)c1nccnc1NS(=O)(=O)c1ccc(Cl)s1. The molecule has 2 aromatic heterocycles. The van der Waals surface area contributed by atoms with Crippen LogP contribution in [-0.2, 0) is 10.0 Å². The highest BCUT2D eigenvalue weighted by Gasteiger charge is 2.21. The Morgan fingerprint density at radius 2 is 2.00 bits per heavy atom. The van der Waals surface area contributed by atoms with Gasteiger partial charge in [0.1, 0.15) is 4.21 Å². The number of thiophene rings is 1. The third-order valence-corrected chi connectivity index (χ3v) is 5.01. The fraction of sp³-hybridized carbons (Fsp3) is 0. The van der Waals surface area contributed by atoms with Gasteiger partial charge >= 0.3 is 5.97 Å². The molecule has 10 heteroatoms. The molecule has 0 unspecified atom stereocenters. The Bertz CT molecular complexity index is 729. The van der Waals surface area contributed by atoms with Crippen LogP contribution < -0.4 is 4.72 Å². The summed E-state index contributed by atoms with van der Waals surface area (Å²) in [7, 11) is -3.93. The molecule has 0 atom stereocenters. The van der Waals surface area contributed by atoms with Crippen molar-refractivity contribution in [3.63, 3.8) is 0 Å². The predicted octanol–water partition coefficient (Wildman–Crippen LogP) is 1.69. The Morgan fingerprint density at radius 3 is 2.58 bits per heavy atom. The lowest BCUT2D eigenvalue weighted by Gasteiger charge is -2.06. The average molecular weight is 320 g/mol. The first-order chi connectivity index (χ1) is 8.90. The number of aromatic carboxylic acids is 1. The number of hydrogen-bond acceptors (Lipinski definition) is 6. The van der Waals surface area contributed by atoms with Gasteiger partial charge in [0.2, 0.25) is 0 Å². The molecular weight excluding hydrogens is 314 g/mol. The van der Waals surface area contributed by atoms with E-state index in [2.05, 4.69) is 14.7 Å². The third kappa shape index (κ3) is 3.00. The highest BCUT2D eigenvalue weighted by atomic mass is 35.5. The number of carboxylic acids is 1. The van der Waals surface area contributed by atoms with Crippen molar-refractivity contribution in [1.82, 2.24) is 9.97 Å². The molecule has 19 heavy (non-hydrogen) atoms. The normalized spacial score (nSPS) is 11.2. The Balaban J connectivity index is 2.39. The minimum atomic E-state index is -3.93. The first kappa shape index (κ1) is 13.7. The van der Waals surface area contributed by atoms with Crippen LogP contribution in [-0.4, -0.2) is 29.5 Å². The Morgan fingerprint density at radius 1 is 1.32 bits per heavy atom. The minimum Gasteiger partial charge on any atom is -0.476 e. The third-order valence-electron chi connectivity index (χ3n) is 1.95. The molecule has 0 aromatic carbocycles. The van der Waals surface area contributed by atoms with E-state index in [1.807, 2.05) is 0 Å². The summed E-state index contributed by atoms with van der Waals surface area (Å²) in [5, 5.41) is 8.88. The number of anilines is 1. The zero-order valence-corrected chi connectivity index (χ0v) is 11.5. The quantitative estimate of drug-likeness (QED) is 0.887. The molecule has 0 spiro atoms. The number of carboxylic acid groups (broad SMARTS) is 1. The van der Waals surface area contributed by atoms with E-state index in [0.717, 1.165) is 17.5 Å². The van der Waals surface area contributed by atoms with Crippen LogP contribution in [0.25, 0.3) is 0 Å². The maximum absolute atomic E-state index is 12.0. The number of sulfonamides is 1. The van der Waals surface area contributed by atoms with E-state index in [0.29, 0.717) is 4.34 Å². The standard InChI is InChI=1S/C9H6ClN3O4S2/c10-5-1-2-6(18-5)19(16,17)13-8-7(9(14)15)11-3-4-12-8/h1-4H,(H,12,13)(H,14,15). The van der Waals surface area contributed by atoms with E-state index in [-0.39, 0.29) is 10.0 Å². The first-order valence-corrected chi connectivity index (χ1v) is 7.40. The molecule has 0 aliphatic carbocycles. The largest absolute Gasteiger partial charge is 0.476 e. The summed E-state index contributed by atoms with van der Waals surface area (Å²) < 4.78 is 26.3. The number of hydrogen-bond donors (Lipinski definition) is 2. The number of nitrogens with zero attached hydrogens (tertiary/aromatic N) is 2. The highest BCUT2D eigenvalue weighted by Crippen LogP contribution is 2.27. The van der Waals surface area contributed by atoms with Crippen molar-refractivity contribution in [2.45, 2.75) is 4.21 Å². The van der Waals surface area contributed by atoms with Crippen molar-refractivity contribution >= 4 is 44.7 Å². The fourth-order valence-electron chi connectivity index (χ4n) is 1.19. The monoisotopic (exact) mass is 319 g/mol. The smallest absolute Gasteiger partial charge is 0.358 e. The van der Waals surface area contributed by atoms with Crippen LogP contribution in [0.3, 0.4) is 0 Å². The van der Waals surface area contributed by atoms with Gasteiger partial charge in [-0.1, -0.05) is 11.6 Å². The summed E-state index contributed by atoms with van der Waals surface area (Å²) in [4.78, 5) is 18.1. The number of aromatic nitrogens is 2. The molecule has 0 fully saturated rings.